The maximum atomic E-state index is 11.3. The summed E-state index contributed by atoms with van der Waals surface area (Å²) in [5.74, 6) is -0.456. The molecule has 0 bridgehead atoms. The van der Waals surface area contributed by atoms with E-state index in [9.17, 15) is 4.79 Å². The molecule has 1 aromatic carbocycles. The van der Waals surface area contributed by atoms with E-state index in [1.165, 1.54) is 0 Å². The Morgan fingerprint density at radius 2 is 1.86 bits per heavy atom. The largest absolute Gasteiger partial charge is 0.295 e. The summed E-state index contributed by atoms with van der Waals surface area (Å²) in [4.78, 5) is 11.3. The van der Waals surface area contributed by atoms with E-state index in [1.54, 1.807) is 30.3 Å². The van der Waals surface area contributed by atoms with Crippen molar-refractivity contribution in [2.75, 3.05) is 0 Å². The van der Waals surface area contributed by atoms with Crippen LogP contribution in [0.1, 0.15) is 10.4 Å². The summed E-state index contributed by atoms with van der Waals surface area (Å²) in [6.45, 7) is 0. The van der Waals surface area contributed by atoms with Gasteiger partial charge in [0.05, 0.1) is 0 Å². The minimum atomic E-state index is -0.456. The maximum absolute atomic E-state index is 11.3. The molecule has 0 heterocycles. The van der Waals surface area contributed by atoms with Crippen LogP contribution >= 0.6 is 23.2 Å². The summed E-state index contributed by atoms with van der Waals surface area (Å²) < 4.78 is 0. The SMILES string of the molecule is O=C(N=N/C(Cl)=C/Cl)c1ccccc1. The van der Waals surface area contributed by atoms with Gasteiger partial charge in [-0.05, 0) is 12.1 Å². The van der Waals surface area contributed by atoms with E-state index in [0.29, 0.717) is 5.56 Å². The quantitative estimate of drug-likeness (QED) is 0.564. The van der Waals surface area contributed by atoms with Gasteiger partial charge in [0.15, 0.2) is 5.16 Å². The predicted molar refractivity (Wildman–Crippen MR) is 55.4 cm³/mol. The molecule has 0 atom stereocenters. The zero-order valence-corrected chi connectivity index (χ0v) is 8.53. The van der Waals surface area contributed by atoms with Gasteiger partial charge in [0.2, 0.25) is 0 Å². The van der Waals surface area contributed by atoms with Crippen LogP contribution in [0.4, 0.5) is 0 Å². The van der Waals surface area contributed by atoms with Crippen molar-refractivity contribution in [3.63, 3.8) is 0 Å². The van der Waals surface area contributed by atoms with Crippen molar-refractivity contribution >= 4 is 29.1 Å². The molecule has 0 saturated carbocycles. The number of amides is 1. The molecule has 14 heavy (non-hydrogen) atoms. The van der Waals surface area contributed by atoms with Crippen molar-refractivity contribution in [2.45, 2.75) is 0 Å². The molecule has 0 radical (unpaired) electrons. The van der Waals surface area contributed by atoms with Gasteiger partial charge in [-0.15, -0.1) is 10.2 Å². The van der Waals surface area contributed by atoms with E-state index >= 15 is 0 Å². The molecule has 3 nitrogen and oxygen atoms in total. The molecule has 0 aliphatic carbocycles. The van der Waals surface area contributed by atoms with Crippen LogP contribution in [0.5, 0.6) is 0 Å². The first-order valence-corrected chi connectivity index (χ1v) is 4.52. The molecule has 0 fully saturated rings. The van der Waals surface area contributed by atoms with Gasteiger partial charge in [0.1, 0.15) is 0 Å². The minimum Gasteiger partial charge on any atom is -0.265 e. The Bertz CT molecular complexity index is 374. The molecule has 1 aromatic rings. The van der Waals surface area contributed by atoms with Gasteiger partial charge < -0.3 is 0 Å². The van der Waals surface area contributed by atoms with Crippen LogP contribution in [0.3, 0.4) is 0 Å². The van der Waals surface area contributed by atoms with Crippen molar-refractivity contribution in [1.29, 1.82) is 0 Å². The minimum absolute atomic E-state index is 0.0315. The summed E-state index contributed by atoms with van der Waals surface area (Å²) in [6.07, 6.45) is 0. The number of rotatable bonds is 2. The second kappa shape index (κ2) is 5.52. The number of benzene rings is 1. The van der Waals surface area contributed by atoms with Crippen molar-refractivity contribution in [2.24, 2.45) is 10.2 Å². The first-order chi connectivity index (χ1) is 6.74. The average molecular weight is 229 g/mol. The second-order valence-electron chi connectivity index (χ2n) is 2.30. The number of hydrogen-bond donors (Lipinski definition) is 0. The third-order valence-corrected chi connectivity index (χ3v) is 1.85. The normalized spacial score (nSPS) is 12.0. The molecule has 0 aliphatic rings. The predicted octanol–water partition coefficient (Wildman–Crippen LogP) is 3.56. The Morgan fingerprint density at radius 3 is 2.43 bits per heavy atom. The van der Waals surface area contributed by atoms with Gasteiger partial charge in [-0.2, -0.15) is 0 Å². The molecular weight excluding hydrogens is 223 g/mol. The molecule has 72 valence electrons. The zero-order chi connectivity index (χ0) is 10.4. The van der Waals surface area contributed by atoms with E-state index in [1.807, 2.05) is 0 Å². The fourth-order valence-electron chi connectivity index (χ4n) is 0.753. The lowest BCUT2D eigenvalue weighted by atomic mass is 10.2. The lowest BCUT2D eigenvalue weighted by molar-refractivity contribution is 0.0994. The Labute approximate surface area is 91.1 Å². The van der Waals surface area contributed by atoms with Crippen LogP contribution < -0.4 is 0 Å². The smallest absolute Gasteiger partial charge is 0.265 e. The highest BCUT2D eigenvalue weighted by molar-refractivity contribution is 6.36. The molecule has 0 aliphatic heterocycles. The molecule has 0 unspecified atom stereocenters. The number of carbonyl (C=O) groups is 1. The first kappa shape index (κ1) is 10.9. The average Bonchev–Trinajstić information content (AvgIpc) is 2.26. The fraction of sp³-hybridized carbons (Fsp3) is 0. The molecule has 1 amide bonds. The van der Waals surface area contributed by atoms with E-state index in [4.69, 9.17) is 23.2 Å². The third-order valence-electron chi connectivity index (χ3n) is 1.35. The van der Waals surface area contributed by atoms with Gasteiger partial charge >= 0.3 is 0 Å². The monoisotopic (exact) mass is 228 g/mol. The number of azo groups is 1. The first-order valence-electron chi connectivity index (χ1n) is 3.71. The fourth-order valence-corrected chi connectivity index (χ4v) is 0.835. The van der Waals surface area contributed by atoms with E-state index in [2.05, 4.69) is 10.2 Å². The van der Waals surface area contributed by atoms with E-state index < -0.39 is 5.91 Å². The Kier molecular flexibility index (Phi) is 4.29. The van der Waals surface area contributed by atoms with Crippen molar-refractivity contribution in [3.8, 4) is 0 Å². The highest BCUT2D eigenvalue weighted by Crippen LogP contribution is 2.07. The number of halogens is 2. The molecular formula is C9H6Cl2N2O. The van der Waals surface area contributed by atoms with Crippen LogP contribution in [0.25, 0.3) is 0 Å². The summed E-state index contributed by atoms with van der Waals surface area (Å²) in [5.41, 5.74) is 1.49. The molecule has 0 spiro atoms. The van der Waals surface area contributed by atoms with Gasteiger partial charge in [0.25, 0.3) is 5.91 Å². The third kappa shape index (κ3) is 3.28. The van der Waals surface area contributed by atoms with Gasteiger partial charge in [0, 0.05) is 11.1 Å². The number of nitrogens with zero attached hydrogens (tertiary/aromatic N) is 2. The lowest BCUT2D eigenvalue weighted by Gasteiger charge is -1.91. The van der Waals surface area contributed by atoms with Crippen molar-refractivity contribution in [1.82, 2.24) is 0 Å². The van der Waals surface area contributed by atoms with E-state index in [0.717, 1.165) is 5.54 Å². The maximum Gasteiger partial charge on any atom is 0.295 e. The van der Waals surface area contributed by atoms with Crippen LogP contribution in [-0.4, -0.2) is 5.91 Å². The molecule has 0 aromatic heterocycles. The summed E-state index contributed by atoms with van der Waals surface area (Å²) in [5, 5.41) is 6.72. The Balaban J connectivity index is 2.74. The lowest BCUT2D eigenvalue weighted by Crippen LogP contribution is -1.92. The number of hydrogen-bond acceptors (Lipinski definition) is 2. The van der Waals surface area contributed by atoms with Crippen molar-refractivity contribution in [3.05, 3.63) is 46.6 Å². The molecule has 5 heteroatoms. The highest BCUT2D eigenvalue weighted by Gasteiger charge is 2.01. The summed E-state index contributed by atoms with van der Waals surface area (Å²) in [6, 6.07) is 8.56. The second-order valence-corrected chi connectivity index (χ2v) is 2.91. The summed E-state index contributed by atoms with van der Waals surface area (Å²) in [7, 11) is 0. The Morgan fingerprint density at radius 1 is 1.21 bits per heavy atom. The zero-order valence-electron chi connectivity index (χ0n) is 7.02. The van der Waals surface area contributed by atoms with Gasteiger partial charge in [-0.1, -0.05) is 41.4 Å². The van der Waals surface area contributed by atoms with Crippen LogP contribution in [0.15, 0.2) is 51.3 Å². The van der Waals surface area contributed by atoms with E-state index in [-0.39, 0.29) is 5.16 Å². The van der Waals surface area contributed by atoms with Gasteiger partial charge in [-0.25, -0.2) is 0 Å². The molecule has 0 N–H and O–H groups in total. The number of carbonyl (C=O) groups excluding carboxylic acids is 1. The summed E-state index contributed by atoms with van der Waals surface area (Å²) >= 11 is 10.6. The van der Waals surface area contributed by atoms with Gasteiger partial charge in [-0.3, -0.25) is 4.79 Å². The molecule has 1 rings (SSSR count). The van der Waals surface area contributed by atoms with Crippen molar-refractivity contribution < 1.29 is 4.79 Å². The van der Waals surface area contributed by atoms with Crippen LogP contribution in [0, 0.1) is 0 Å². The topological polar surface area (TPSA) is 41.8 Å². The molecule has 0 saturated heterocycles. The Hall–Kier alpha value is -1.19. The highest BCUT2D eigenvalue weighted by atomic mass is 35.5. The van der Waals surface area contributed by atoms with Crippen LogP contribution in [-0.2, 0) is 0 Å². The van der Waals surface area contributed by atoms with Crippen LogP contribution in [0.2, 0.25) is 0 Å². The standard InChI is InChI=1S/C9H6Cl2N2O/c10-6-8(11)12-13-9(14)7-4-2-1-3-5-7/h1-6H/b8-6+,13-12?.